The molecule has 24 heavy (non-hydrogen) atoms. The molecule has 1 unspecified atom stereocenters. The Kier molecular flexibility index (Phi) is 5.04. The molecule has 1 fully saturated rings. The number of hydrogen-bond donors (Lipinski definition) is 1. The highest BCUT2D eigenvalue weighted by Gasteiger charge is 2.29. The summed E-state index contributed by atoms with van der Waals surface area (Å²) < 4.78 is 28.8. The monoisotopic (exact) mass is 344 g/mol. The van der Waals surface area contributed by atoms with E-state index in [1.807, 2.05) is 42.5 Å². The molecule has 2 aromatic rings. The highest BCUT2D eigenvalue weighted by atomic mass is 32.2. The highest BCUT2D eigenvalue weighted by molar-refractivity contribution is 7.89. The fourth-order valence-corrected chi connectivity index (χ4v) is 4.68. The summed E-state index contributed by atoms with van der Waals surface area (Å²) in [5.74, 6) is 0. The van der Waals surface area contributed by atoms with E-state index in [4.69, 9.17) is 0 Å². The van der Waals surface area contributed by atoms with Crippen molar-refractivity contribution in [2.45, 2.75) is 37.2 Å². The van der Waals surface area contributed by atoms with Crippen molar-refractivity contribution in [2.75, 3.05) is 13.1 Å². The molecule has 3 rings (SSSR count). The Morgan fingerprint density at radius 2 is 1.71 bits per heavy atom. The molecule has 4 nitrogen and oxygen atoms in total. The van der Waals surface area contributed by atoms with Gasteiger partial charge in [0, 0.05) is 30.7 Å². The average Bonchev–Trinajstić information content (AvgIpc) is 3.04. The second-order valence-electron chi connectivity index (χ2n) is 6.56. The Morgan fingerprint density at radius 1 is 1.04 bits per heavy atom. The van der Waals surface area contributed by atoms with Gasteiger partial charge in [-0.2, -0.15) is 0 Å². The maximum absolute atomic E-state index is 12.9. The van der Waals surface area contributed by atoms with Gasteiger partial charge < -0.3 is 0 Å². The minimum atomic E-state index is -3.55. The fourth-order valence-electron chi connectivity index (χ4n) is 3.19. The number of nitrogens with one attached hydrogen (secondary N) is 1. The topological polar surface area (TPSA) is 49.4 Å². The molecule has 5 heteroatoms. The fraction of sp³-hybridized carbons (Fsp3) is 0.368. The Hall–Kier alpha value is -1.69. The number of sulfonamides is 1. The van der Waals surface area contributed by atoms with Crippen LogP contribution in [-0.4, -0.2) is 38.5 Å². The molecule has 1 aliphatic rings. The second-order valence-corrected chi connectivity index (χ2v) is 8.24. The Labute approximate surface area is 144 Å². The molecule has 0 bridgehead atoms. The molecular formula is C19H24N2O2S. The molecule has 0 amide bonds. The van der Waals surface area contributed by atoms with Crippen molar-refractivity contribution < 1.29 is 8.42 Å². The van der Waals surface area contributed by atoms with Crippen molar-refractivity contribution in [2.24, 2.45) is 0 Å². The summed E-state index contributed by atoms with van der Waals surface area (Å²) in [5, 5.41) is 0. The lowest BCUT2D eigenvalue weighted by atomic mass is 10.1. The predicted octanol–water partition coefficient (Wildman–Crippen LogP) is 3.11. The van der Waals surface area contributed by atoms with Gasteiger partial charge in [0.05, 0.1) is 4.90 Å². The third kappa shape index (κ3) is 3.69. The minimum absolute atomic E-state index is 0.0266. The summed E-state index contributed by atoms with van der Waals surface area (Å²) in [6, 6.07) is 17.2. The van der Waals surface area contributed by atoms with Crippen molar-refractivity contribution >= 4 is 10.0 Å². The molecule has 1 saturated heterocycles. The van der Waals surface area contributed by atoms with Gasteiger partial charge in [0.25, 0.3) is 0 Å². The van der Waals surface area contributed by atoms with E-state index in [2.05, 4.69) is 23.5 Å². The Bertz CT molecular complexity index is 788. The molecule has 1 atom stereocenters. The summed E-state index contributed by atoms with van der Waals surface area (Å²) in [6.07, 6.45) is 0.852. The maximum atomic E-state index is 12.9. The van der Waals surface area contributed by atoms with Gasteiger partial charge in [-0.15, -0.1) is 0 Å². The van der Waals surface area contributed by atoms with Gasteiger partial charge in [0.1, 0.15) is 0 Å². The molecule has 1 aliphatic heterocycles. The summed E-state index contributed by atoms with van der Waals surface area (Å²) >= 11 is 0. The molecule has 128 valence electrons. The van der Waals surface area contributed by atoms with Crippen molar-refractivity contribution in [3.8, 4) is 11.1 Å². The number of likely N-dealkylation sites (tertiary alicyclic amines) is 1. The van der Waals surface area contributed by atoms with Crippen molar-refractivity contribution in [1.82, 2.24) is 9.62 Å². The van der Waals surface area contributed by atoms with Crippen LogP contribution >= 0.6 is 0 Å². The first-order chi connectivity index (χ1) is 11.5. The van der Waals surface area contributed by atoms with Gasteiger partial charge in [-0.05, 0) is 31.9 Å². The van der Waals surface area contributed by atoms with Crippen molar-refractivity contribution in [3.05, 3.63) is 54.6 Å². The van der Waals surface area contributed by atoms with E-state index in [1.54, 1.807) is 12.1 Å². The Morgan fingerprint density at radius 3 is 2.38 bits per heavy atom. The van der Waals surface area contributed by atoms with Crippen LogP contribution in [0.2, 0.25) is 0 Å². The smallest absolute Gasteiger partial charge is 0.241 e. The summed E-state index contributed by atoms with van der Waals surface area (Å²) in [5.41, 5.74) is 1.65. The first kappa shape index (κ1) is 17.1. The molecular weight excluding hydrogens is 320 g/mol. The molecule has 0 aliphatic carbocycles. The van der Waals surface area contributed by atoms with Crippen LogP contribution in [0.25, 0.3) is 11.1 Å². The van der Waals surface area contributed by atoms with Crippen LogP contribution in [0.1, 0.15) is 20.3 Å². The SMILES string of the molecule is CC(C)N1CCC(NS(=O)(=O)c2ccccc2-c2ccccc2)C1. The molecule has 1 N–H and O–H groups in total. The van der Waals surface area contributed by atoms with Gasteiger partial charge in [-0.3, -0.25) is 4.90 Å². The van der Waals surface area contributed by atoms with E-state index in [1.165, 1.54) is 0 Å². The van der Waals surface area contributed by atoms with E-state index < -0.39 is 10.0 Å². The number of nitrogens with zero attached hydrogens (tertiary/aromatic N) is 1. The maximum Gasteiger partial charge on any atom is 0.241 e. The molecule has 0 aromatic heterocycles. The lowest BCUT2D eigenvalue weighted by molar-refractivity contribution is 0.271. The highest BCUT2D eigenvalue weighted by Crippen LogP contribution is 2.27. The molecule has 0 radical (unpaired) electrons. The van der Waals surface area contributed by atoms with Crippen molar-refractivity contribution in [1.29, 1.82) is 0 Å². The van der Waals surface area contributed by atoms with Crippen LogP contribution < -0.4 is 4.72 Å². The Balaban J connectivity index is 1.86. The zero-order valence-electron chi connectivity index (χ0n) is 14.1. The van der Waals surface area contributed by atoms with Gasteiger partial charge in [0.2, 0.25) is 10.0 Å². The third-order valence-electron chi connectivity index (χ3n) is 4.53. The van der Waals surface area contributed by atoms with Crippen LogP contribution in [-0.2, 0) is 10.0 Å². The van der Waals surface area contributed by atoms with E-state index in [9.17, 15) is 8.42 Å². The van der Waals surface area contributed by atoms with E-state index in [-0.39, 0.29) is 6.04 Å². The summed E-state index contributed by atoms with van der Waals surface area (Å²) in [7, 11) is -3.55. The molecule has 0 saturated carbocycles. The molecule has 0 spiro atoms. The van der Waals surface area contributed by atoms with Crippen LogP contribution in [0, 0.1) is 0 Å². The standard InChI is InChI=1S/C19H24N2O2S/c1-15(2)21-13-12-17(14-21)20-24(22,23)19-11-7-6-10-18(19)16-8-4-3-5-9-16/h3-11,15,17,20H,12-14H2,1-2H3. The van der Waals surface area contributed by atoms with Crippen LogP contribution in [0.5, 0.6) is 0 Å². The van der Waals surface area contributed by atoms with Gasteiger partial charge >= 0.3 is 0 Å². The first-order valence-corrected chi connectivity index (χ1v) is 9.86. The summed E-state index contributed by atoms with van der Waals surface area (Å²) in [4.78, 5) is 2.65. The van der Waals surface area contributed by atoms with E-state index in [0.29, 0.717) is 10.9 Å². The van der Waals surface area contributed by atoms with Crippen LogP contribution in [0.3, 0.4) is 0 Å². The largest absolute Gasteiger partial charge is 0.299 e. The van der Waals surface area contributed by atoms with Crippen LogP contribution in [0.15, 0.2) is 59.5 Å². The lowest BCUT2D eigenvalue weighted by Gasteiger charge is -2.20. The van der Waals surface area contributed by atoms with Gasteiger partial charge in [-0.25, -0.2) is 13.1 Å². The molecule has 2 aromatic carbocycles. The first-order valence-electron chi connectivity index (χ1n) is 8.38. The van der Waals surface area contributed by atoms with E-state index in [0.717, 1.165) is 30.6 Å². The predicted molar refractivity (Wildman–Crippen MR) is 97.3 cm³/mol. The summed E-state index contributed by atoms with van der Waals surface area (Å²) in [6.45, 7) is 5.98. The van der Waals surface area contributed by atoms with Gasteiger partial charge in [0.15, 0.2) is 0 Å². The van der Waals surface area contributed by atoms with E-state index >= 15 is 0 Å². The average molecular weight is 344 g/mol. The van der Waals surface area contributed by atoms with Crippen LogP contribution in [0.4, 0.5) is 0 Å². The lowest BCUT2D eigenvalue weighted by Crippen LogP contribution is -2.38. The third-order valence-corrected chi connectivity index (χ3v) is 6.11. The zero-order valence-corrected chi connectivity index (χ0v) is 15.0. The quantitative estimate of drug-likeness (QED) is 0.907. The minimum Gasteiger partial charge on any atom is -0.299 e. The normalized spacial score (nSPS) is 19.0. The van der Waals surface area contributed by atoms with Gasteiger partial charge in [-0.1, -0.05) is 48.5 Å². The van der Waals surface area contributed by atoms with Crippen molar-refractivity contribution in [3.63, 3.8) is 0 Å². The second kappa shape index (κ2) is 7.05. The number of hydrogen-bond acceptors (Lipinski definition) is 3. The number of benzene rings is 2. The number of rotatable bonds is 5. The molecule has 1 heterocycles. The zero-order chi connectivity index (χ0) is 17.2.